The third kappa shape index (κ3) is 7.38. The number of nitrogens with one attached hydrogen (secondary N) is 2. The van der Waals surface area contributed by atoms with Crippen LogP contribution in [-0.4, -0.2) is 28.5 Å². The first kappa shape index (κ1) is 22.6. The fraction of sp³-hybridized carbons (Fsp3) is 0.143. The number of hydrogen-bond acceptors (Lipinski definition) is 5. The van der Waals surface area contributed by atoms with Crippen LogP contribution >= 0.6 is 36.2 Å². The second-order valence-electron chi connectivity index (χ2n) is 4.41. The molecular weight excluding hydrogens is 385 g/mol. The molecule has 0 saturated heterocycles. The number of pyridine rings is 1. The van der Waals surface area contributed by atoms with Crippen molar-refractivity contribution in [2.45, 2.75) is 6.54 Å². The van der Waals surface area contributed by atoms with Gasteiger partial charge in [-0.25, -0.2) is 14.8 Å². The van der Waals surface area contributed by atoms with E-state index in [1.165, 1.54) is 11.3 Å². The molecule has 2 heterocycles. The maximum absolute atomic E-state index is 10.7. The van der Waals surface area contributed by atoms with E-state index in [-0.39, 0.29) is 37.3 Å². The number of primary amides is 1. The first-order valence-corrected chi connectivity index (χ1v) is 7.60. The van der Waals surface area contributed by atoms with Crippen LogP contribution in [-0.2, 0) is 6.54 Å². The zero-order chi connectivity index (χ0) is 16.7. The van der Waals surface area contributed by atoms with Crippen LogP contribution in [0.1, 0.15) is 5.69 Å². The molecule has 2 aromatic heterocycles. The molecule has 6 N–H and O–H groups in total. The highest BCUT2D eigenvalue weighted by Crippen LogP contribution is 2.25. The lowest BCUT2D eigenvalue weighted by atomic mass is 10.2. The van der Waals surface area contributed by atoms with Gasteiger partial charge in [0.1, 0.15) is 5.69 Å². The quantitative estimate of drug-likeness (QED) is 0.332. The van der Waals surface area contributed by atoms with Gasteiger partial charge in [-0.2, -0.15) is 4.99 Å². The van der Waals surface area contributed by atoms with E-state index in [0.29, 0.717) is 28.8 Å². The van der Waals surface area contributed by atoms with Gasteiger partial charge in [0.05, 0.1) is 17.9 Å². The Kier molecular flexibility index (Phi) is 10.2. The summed E-state index contributed by atoms with van der Waals surface area (Å²) >= 11 is 1.36. The summed E-state index contributed by atoms with van der Waals surface area (Å²) in [6, 6.07) is 4.87. The highest BCUT2D eigenvalue weighted by molar-refractivity contribution is 7.13. The van der Waals surface area contributed by atoms with Crippen LogP contribution in [0.2, 0.25) is 0 Å². The van der Waals surface area contributed by atoms with Crippen LogP contribution in [0.25, 0.3) is 11.4 Å². The molecule has 0 aliphatic heterocycles. The number of guanidine groups is 1. The molecule has 136 valence electrons. The van der Waals surface area contributed by atoms with Crippen molar-refractivity contribution in [3.8, 4) is 11.4 Å². The van der Waals surface area contributed by atoms with Gasteiger partial charge in [0, 0.05) is 11.9 Å². The number of halogens is 2. The lowest BCUT2D eigenvalue weighted by Crippen LogP contribution is -2.31. The second kappa shape index (κ2) is 11.2. The highest BCUT2D eigenvalue weighted by atomic mass is 35.5. The second-order valence-corrected chi connectivity index (χ2v) is 5.25. The van der Waals surface area contributed by atoms with Crippen molar-refractivity contribution in [3.05, 3.63) is 41.9 Å². The molecule has 0 saturated carbocycles. The van der Waals surface area contributed by atoms with E-state index < -0.39 is 6.03 Å². The van der Waals surface area contributed by atoms with E-state index in [1.54, 1.807) is 12.1 Å². The first-order chi connectivity index (χ1) is 11.1. The van der Waals surface area contributed by atoms with Crippen LogP contribution in [0.4, 0.5) is 9.93 Å². The lowest BCUT2D eigenvalue weighted by molar-refractivity contribution is 0.248. The number of carbonyl (C=O) groups excluding carboxylic acids is 1. The lowest BCUT2D eigenvalue weighted by Gasteiger charge is -2.03. The van der Waals surface area contributed by atoms with Gasteiger partial charge in [0.25, 0.3) is 0 Å². The SMILES string of the molecule is C=CCN/C(N)=N/c1nc(-c2cccc(CNC(N)=O)n2)cs1.Cl.Cl. The largest absolute Gasteiger partial charge is 0.370 e. The molecule has 11 heteroatoms. The number of thiazole rings is 1. The molecule has 0 fully saturated rings. The molecule has 0 spiro atoms. The summed E-state index contributed by atoms with van der Waals surface area (Å²) in [4.78, 5) is 23.7. The van der Waals surface area contributed by atoms with Crippen molar-refractivity contribution in [3.63, 3.8) is 0 Å². The van der Waals surface area contributed by atoms with E-state index in [4.69, 9.17) is 11.5 Å². The Labute approximate surface area is 161 Å². The third-order valence-electron chi connectivity index (χ3n) is 2.65. The molecular formula is C14H19Cl2N7OS. The fourth-order valence-corrected chi connectivity index (χ4v) is 2.34. The summed E-state index contributed by atoms with van der Waals surface area (Å²) in [6.45, 7) is 4.38. The van der Waals surface area contributed by atoms with Gasteiger partial charge >= 0.3 is 6.03 Å². The average Bonchev–Trinajstić information content (AvgIpc) is 2.99. The van der Waals surface area contributed by atoms with Crippen molar-refractivity contribution in [1.29, 1.82) is 0 Å². The predicted octanol–water partition coefficient (Wildman–Crippen LogP) is 1.94. The van der Waals surface area contributed by atoms with Crippen molar-refractivity contribution in [2.24, 2.45) is 16.5 Å². The molecule has 25 heavy (non-hydrogen) atoms. The maximum atomic E-state index is 10.7. The van der Waals surface area contributed by atoms with Gasteiger partial charge in [-0.1, -0.05) is 12.1 Å². The van der Waals surface area contributed by atoms with E-state index >= 15 is 0 Å². The Morgan fingerprint density at radius 1 is 1.24 bits per heavy atom. The molecule has 0 aromatic carbocycles. The van der Waals surface area contributed by atoms with Crippen molar-refractivity contribution in [2.75, 3.05) is 6.54 Å². The third-order valence-corrected chi connectivity index (χ3v) is 3.38. The van der Waals surface area contributed by atoms with Gasteiger partial charge < -0.3 is 22.1 Å². The standard InChI is InChI=1S/C14H17N7OS.2ClH/c1-2-6-17-12(15)21-14-20-11(8-23-14)10-5-3-4-9(19-10)7-18-13(16)22;;/h2-5,8H,1,6-7H2,(H3,16,18,22)(H3,15,17,20,21);2*1H. The van der Waals surface area contributed by atoms with E-state index in [9.17, 15) is 4.79 Å². The van der Waals surface area contributed by atoms with Crippen LogP contribution < -0.4 is 22.1 Å². The Bertz CT molecular complexity index is 735. The Balaban J connectivity index is 0.00000288. The molecule has 0 atom stereocenters. The molecule has 2 aromatic rings. The van der Waals surface area contributed by atoms with Gasteiger partial charge in [-0.15, -0.1) is 42.7 Å². The molecule has 0 aliphatic carbocycles. The van der Waals surface area contributed by atoms with Gasteiger partial charge in [-0.3, -0.25) is 0 Å². The number of nitrogens with zero attached hydrogens (tertiary/aromatic N) is 3. The minimum Gasteiger partial charge on any atom is -0.370 e. The number of nitrogens with two attached hydrogens (primary N) is 2. The maximum Gasteiger partial charge on any atom is 0.312 e. The van der Waals surface area contributed by atoms with Crippen molar-refractivity contribution >= 4 is 53.3 Å². The van der Waals surface area contributed by atoms with Crippen LogP contribution in [0, 0.1) is 0 Å². The zero-order valence-corrected chi connectivity index (χ0v) is 15.6. The fourth-order valence-electron chi connectivity index (χ4n) is 1.65. The Morgan fingerprint density at radius 2 is 2.00 bits per heavy atom. The number of aromatic nitrogens is 2. The van der Waals surface area contributed by atoms with Crippen LogP contribution in [0.3, 0.4) is 0 Å². The summed E-state index contributed by atoms with van der Waals surface area (Å²) in [5.41, 5.74) is 12.8. The summed E-state index contributed by atoms with van der Waals surface area (Å²) in [7, 11) is 0. The Hall–Kier alpha value is -2.36. The number of carbonyl (C=O) groups is 1. The number of urea groups is 1. The number of hydrogen-bond donors (Lipinski definition) is 4. The molecule has 2 rings (SSSR count). The Morgan fingerprint density at radius 3 is 2.68 bits per heavy atom. The molecule has 2 amide bonds. The van der Waals surface area contributed by atoms with E-state index in [0.717, 1.165) is 0 Å². The van der Waals surface area contributed by atoms with Gasteiger partial charge in [-0.05, 0) is 12.1 Å². The molecule has 0 aliphatic rings. The average molecular weight is 404 g/mol. The summed E-state index contributed by atoms with van der Waals surface area (Å²) in [5, 5.41) is 7.74. The topological polar surface area (TPSA) is 131 Å². The van der Waals surface area contributed by atoms with Crippen LogP contribution in [0.15, 0.2) is 41.2 Å². The normalized spacial score (nSPS) is 10.2. The summed E-state index contributed by atoms with van der Waals surface area (Å²) < 4.78 is 0. The number of amides is 2. The number of rotatable bonds is 6. The first-order valence-electron chi connectivity index (χ1n) is 6.72. The minimum atomic E-state index is -0.593. The molecule has 0 bridgehead atoms. The van der Waals surface area contributed by atoms with E-state index in [2.05, 4.69) is 32.2 Å². The molecule has 8 nitrogen and oxygen atoms in total. The van der Waals surface area contributed by atoms with Gasteiger partial charge in [0.15, 0.2) is 5.96 Å². The van der Waals surface area contributed by atoms with Crippen LogP contribution in [0.5, 0.6) is 0 Å². The predicted molar refractivity (Wildman–Crippen MR) is 106 cm³/mol. The minimum absolute atomic E-state index is 0. The molecule has 0 unspecified atom stereocenters. The van der Waals surface area contributed by atoms with Crippen molar-refractivity contribution in [1.82, 2.24) is 20.6 Å². The number of aliphatic imine (C=N–C) groups is 1. The highest BCUT2D eigenvalue weighted by Gasteiger charge is 2.07. The van der Waals surface area contributed by atoms with Crippen molar-refractivity contribution < 1.29 is 4.79 Å². The smallest absolute Gasteiger partial charge is 0.312 e. The monoisotopic (exact) mass is 403 g/mol. The summed E-state index contributed by atoms with van der Waals surface area (Å²) in [6.07, 6.45) is 1.69. The molecule has 0 radical (unpaired) electrons. The van der Waals surface area contributed by atoms with Gasteiger partial charge in [0.2, 0.25) is 5.13 Å². The zero-order valence-electron chi connectivity index (χ0n) is 13.1. The summed E-state index contributed by atoms with van der Waals surface area (Å²) in [5.74, 6) is 0.276. The van der Waals surface area contributed by atoms with E-state index in [1.807, 2.05) is 17.5 Å².